The first-order valence-electron chi connectivity index (χ1n) is 8.70. The second-order valence-electron chi connectivity index (χ2n) is 6.48. The van der Waals surface area contributed by atoms with E-state index in [-0.39, 0.29) is 5.91 Å². The molecular weight excluding hydrogens is 314 g/mol. The lowest BCUT2D eigenvalue weighted by atomic mass is 9.96. The number of furan rings is 1. The fraction of sp³-hybridized carbons (Fsp3) is 0.300. The van der Waals surface area contributed by atoms with Crippen molar-refractivity contribution in [1.82, 2.24) is 14.5 Å². The number of rotatable bonds is 4. The summed E-state index contributed by atoms with van der Waals surface area (Å²) in [6, 6.07) is 13.7. The lowest BCUT2D eigenvalue weighted by Gasteiger charge is -2.31. The average Bonchev–Trinajstić information content (AvgIpc) is 3.35. The Kier molecular flexibility index (Phi) is 4.37. The monoisotopic (exact) mass is 335 g/mol. The molecule has 1 fully saturated rings. The molecule has 0 radical (unpaired) electrons. The van der Waals surface area contributed by atoms with Crippen LogP contribution in [-0.2, 0) is 6.54 Å². The smallest absolute Gasteiger partial charge is 0.289 e. The van der Waals surface area contributed by atoms with Crippen LogP contribution >= 0.6 is 0 Å². The highest BCUT2D eigenvalue weighted by Gasteiger charge is 2.25. The number of aromatic nitrogens is 2. The largest absolute Gasteiger partial charge is 0.459 e. The van der Waals surface area contributed by atoms with E-state index in [0.717, 1.165) is 43.9 Å². The molecule has 0 saturated carbocycles. The van der Waals surface area contributed by atoms with Gasteiger partial charge in [-0.3, -0.25) is 4.79 Å². The van der Waals surface area contributed by atoms with E-state index in [1.807, 2.05) is 35.5 Å². The summed E-state index contributed by atoms with van der Waals surface area (Å²) in [6.07, 6.45) is 7.45. The van der Waals surface area contributed by atoms with Crippen LogP contribution in [-0.4, -0.2) is 33.4 Å². The molecule has 3 aromatic rings. The summed E-state index contributed by atoms with van der Waals surface area (Å²) in [5, 5.41) is 0. The van der Waals surface area contributed by atoms with Gasteiger partial charge in [0.2, 0.25) is 0 Å². The van der Waals surface area contributed by atoms with Gasteiger partial charge in [0.05, 0.1) is 6.26 Å². The summed E-state index contributed by atoms with van der Waals surface area (Å²) >= 11 is 0. The van der Waals surface area contributed by atoms with Crippen LogP contribution in [0.5, 0.6) is 0 Å². The molecule has 128 valence electrons. The number of amides is 1. The first-order valence-corrected chi connectivity index (χ1v) is 8.70. The van der Waals surface area contributed by atoms with Crippen LogP contribution in [0, 0.1) is 5.92 Å². The van der Waals surface area contributed by atoms with Gasteiger partial charge in [-0.1, -0.05) is 30.3 Å². The second-order valence-corrected chi connectivity index (χ2v) is 6.48. The molecule has 0 spiro atoms. The molecule has 1 saturated heterocycles. The number of benzene rings is 1. The Morgan fingerprint density at radius 1 is 1.12 bits per heavy atom. The summed E-state index contributed by atoms with van der Waals surface area (Å²) in [4.78, 5) is 18.7. The van der Waals surface area contributed by atoms with Crippen LogP contribution in [0.15, 0.2) is 65.5 Å². The molecule has 0 bridgehead atoms. The van der Waals surface area contributed by atoms with Gasteiger partial charge >= 0.3 is 0 Å². The van der Waals surface area contributed by atoms with Crippen molar-refractivity contribution < 1.29 is 9.21 Å². The van der Waals surface area contributed by atoms with Crippen LogP contribution in [0.4, 0.5) is 0 Å². The van der Waals surface area contributed by atoms with Gasteiger partial charge < -0.3 is 13.9 Å². The molecule has 1 amide bonds. The molecular formula is C20H21N3O2. The maximum atomic E-state index is 12.3. The summed E-state index contributed by atoms with van der Waals surface area (Å²) in [5.74, 6) is 1.99. The van der Waals surface area contributed by atoms with Crippen molar-refractivity contribution in [3.8, 4) is 11.4 Å². The molecule has 1 aromatic carbocycles. The van der Waals surface area contributed by atoms with Crippen molar-refractivity contribution in [2.75, 3.05) is 13.1 Å². The lowest BCUT2D eigenvalue weighted by molar-refractivity contribution is 0.0651. The minimum atomic E-state index is -0.00365. The number of imidazole rings is 1. The molecule has 0 atom stereocenters. The van der Waals surface area contributed by atoms with Gasteiger partial charge in [-0.15, -0.1) is 0 Å². The number of hydrogen-bond acceptors (Lipinski definition) is 3. The molecule has 1 aliphatic heterocycles. The normalized spacial score (nSPS) is 15.4. The minimum Gasteiger partial charge on any atom is -0.459 e. The fourth-order valence-electron chi connectivity index (χ4n) is 3.46. The first-order chi connectivity index (χ1) is 12.3. The second kappa shape index (κ2) is 6.97. The maximum Gasteiger partial charge on any atom is 0.289 e. The molecule has 0 N–H and O–H groups in total. The van der Waals surface area contributed by atoms with Crippen molar-refractivity contribution in [2.24, 2.45) is 5.92 Å². The Balaban J connectivity index is 1.38. The Morgan fingerprint density at radius 2 is 1.92 bits per heavy atom. The Hall–Kier alpha value is -2.82. The Bertz CT molecular complexity index is 816. The average molecular weight is 335 g/mol. The van der Waals surface area contributed by atoms with Gasteiger partial charge in [-0.2, -0.15) is 0 Å². The van der Waals surface area contributed by atoms with Crippen molar-refractivity contribution >= 4 is 5.91 Å². The van der Waals surface area contributed by atoms with E-state index in [2.05, 4.69) is 21.7 Å². The fourth-order valence-corrected chi connectivity index (χ4v) is 3.46. The zero-order chi connectivity index (χ0) is 17.1. The molecule has 4 rings (SSSR count). The van der Waals surface area contributed by atoms with E-state index in [9.17, 15) is 4.79 Å². The topological polar surface area (TPSA) is 51.3 Å². The van der Waals surface area contributed by atoms with Crippen molar-refractivity contribution in [3.63, 3.8) is 0 Å². The molecule has 0 unspecified atom stereocenters. The van der Waals surface area contributed by atoms with Gasteiger partial charge in [0.1, 0.15) is 5.82 Å². The van der Waals surface area contributed by atoms with E-state index in [1.54, 1.807) is 18.4 Å². The predicted molar refractivity (Wildman–Crippen MR) is 95.0 cm³/mol. The highest BCUT2D eigenvalue weighted by Crippen LogP contribution is 2.24. The first kappa shape index (κ1) is 15.7. The quantitative estimate of drug-likeness (QED) is 0.730. The van der Waals surface area contributed by atoms with Crippen LogP contribution < -0.4 is 0 Å². The molecule has 1 aliphatic rings. The summed E-state index contributed by atoms with van der Waals surface area (Å²) in [6.45, 7) is 2.49. The van der Waals surface area contributed by atoms with Crippen molar-refractivity contribution in [1.29, 1.82) is 0 Å². The van der Waals surface area contributed by atoms with Gasteiger partial charge in [0, 0.05) is 37.6 Å². The summed E-state index contributed by atoms with van der Waals surface area (Å²) < 4.78 is 7.45. The molecule has 0 aliphatic carbocycles. The van der Waals surface area contributed by atoms with E-state index < -0.39 is 0 Å². The molecule has 5 nitrogen and oxygen atoms in total. The van der Waals surface area contributed by atoms with Gasteiger partial charge in [-0.25, -0.2) is 4.98 Å². The standard InChI is InChI=1S/C20H21N3O2/c24-20(18-7-4-14-25-18)22-11-8-16(9-12-22)15-23-13-10-21-19(23)17-5-2-1-3-6-17/h1-7,10,13-14,16H,8-9,11-12,15H2. The lowest BCUT2D eigenvalue weighted by Crippen LogP contribution is -2.39. The Labute approximate surface area is 146 Å². The van der Waals surface area contributed by atoms with Crippen molar-refractivity contribution in [3.05, 3.63) is 66.9 Å². The summed E-state index contributed by atoms with van der Waals surface area (Å²) in [5.41, 5.74) is 1.14. The third-order valence-electron chi connectivity index (χ3n) is 4.84. The van der Waals surface area contributed by atoms with Crippen LogP contribution in [0.1, 0.15) is 23.4 Å². The number of piperidine rings is 1. The minimum absolute atomic E-state index is 0.00365. The van der Waals surface area contributed by atoms with Gasteiger partial charge in [0.15, 0.2) is 5.76 Å². The van der Waals surface area contributed by atoms with Gasteiger partial charge in [-0.05, 0) is 30.9 Å². The highest BCUT2D eigenvalue weighted by atomic mass is 16.3. The third kappa shape index (κ3) is 3.36. The van der Waals surface area contributed by atoms with E-state index in [0.29, 0.717) is 11.7 Å². The van der Waals surface area contributed by atoms with Crippen LogP contribution in [0.2, 0.25) is 0 Å². The number of nitrogens with zero attached hydrogens (tertiary/aromatic N) is 3. The summed E-state index contributed by atoms with van der Waals surface area (Å²) in [7, 11) is 0. The molecule has 3 heterocycles. The SMILES string of the molecule is O=C(c1ccco1)N1CCC(Cn2ccnc2-c2ccccc2)CC1. The zero-order valence-corrected chi connectivity index (χ0v) is 14.0. The van der Waals surface area contributed by atoms with E-state index in [4.69, 9.17) is 4.42 Å². The van der Waals surface area contributed by atoms with Crippen LogP contribution in [0.25, 0.3) is 11.4 Å². The number of hydrogen-bond donors (Lipinski definition) is 0. The maximum absolute atomic E-state index is 12.3. The van der Waals surface area contributed by atoms with E-state index >= 15 is 0 Å². The third-order valence-corrected chi connectivity index (χ3v) is 4.84. The highest BCUT2D eigenvalue weighted by molar-refractivity contribution is 5.91. The van der Waals surface area contributed by atoms with Crippen LogP contribution in [0.3, 0.4) is 0 Å². The molecule has 2 aromatic heterocycles. The predicted octanol–water partition coefficient (Wildman–Crippen LogP) is 3.70. The number of carbonyl (C=O) groups excluding carboxylic acids is 1. The Morgan fingerprint density at radius 3 is 2.64 bits per heavy atom. The zero-order valence-electron chi connectivity index (χ0n) is 14.0. The van der Waals surface area contributed by atoms with Crippen molar-refractivity contribution in [2.45, 2.75) is 19.4 Å². The van der Waals surface area contributed by atoms with Gasteiger partial charge in [0.25, 0.3) is 5.91 Å². The number of likely N-dealkylation sites (tertiary alicyclic amines) is 1. The molecule has 5 heteroatoms. The molecule has 25 heavy (non-hydrogen) atoms. The van der Waals surface area contributed by atoms with E-state index in [1.165, 1.54) is 0 Å². The number of carbonyl (C=O) groups is 1.